The summed E-state index contributed by atoms with van der Waals surface area (Å²) in [4.78, 5) is 13.5. The molecule has 0 saturated carbocycles. The minimum absolute atomic E-state index is 0.0176. The van der Waals surface area contributed by atoms with E-state index in [9.17, 15) is 4.79 Å². The van der Waals surface area contributed by atoms with E-state index in [0.717, 1.165) is 28.3 Å². The first-order valence-corrected chi connectivity index (χ1v) is 11.1. The number of carbonyl (C=O) groups is 1. The molecule has 0 aromatic heterocycles. The van der Waals surface area contributed by atoms with Crippen molar-refractivity contribution in [2.24, 2.45) is 0 Å². The number of para-hydroxylation sites is 3. The third-order valence-electron chi connectivity index (χ3n) is 6.33. The zero-order chi connectivity index (χ0) is 22.2. The van der Waals surface area contributed by atoms with Crippen LogP contribution >= 0.6 is 0 Å². The van der Waals surface area contributed by atoms with E-state index >= 15 is 0 Å². The Morgan fingerprint density at radius 3 is 1.77 bits per heavy atom. The van der Waals surface area contributed by atoms with Crippen LogP contribution in [0.5, 0.6) is 11.5 Å². The Balaban J connectivity index is 1.72. The molecule has 0 spiro atoms. The molecule has 160 valence electrons. The van der Waals surface area contributed by atoms with Gasteiger partial charge in [0.2, 0.25) is 5.91 Å². The van der Waals surface area contributed by atoms with Gasteiger partial charge in [0.15, 0.2) is 0 Å². The molecule has 0 unspecified atom stereocenters. The second-order valence-electron chi connectivity index (χ2n) is 9.27. The quantitative estimate of drug-likeness (QED) is 0.474. The van der Waals surface area contributed by atoms with Crippen molar-refractivity contribution in [1.29, 1.82) is 0 Å². The van der Waals surface area contributed by atoms with Crippen LogP contribution in [0.25, 0.3) is 0 Å². The number of rotatable bonds is 5. The molecule has 3 nitrogen and oxygen atoms in total. The molecule has 4 rings (SSSR count). The van der Waals surface area contributed by atoms with E-state index in [1.165, 1.54) is 11.1 Å². The molecule has 0 fully saturated rings. The Hall–Kier alpha value is -3.07. The van der Waals surface area contributed by atoms with Gasteiger partial charge in [0, 0.05) is 28.7 Å². The molecule has 0 atom stereocenters. The lowest BCUT2D eigenvalue weighted by Crippen LogP contribution is -2.33. The van der Waals surface area contributed by atoms with Gasteiger partial charge in [-0.15, -0.1) is 0 Å². The lowest BCUT2D eigenvalue weighted by atomic mass is 9.71. The van der Waals surface area contributed by atoms with Crippen LogP contribution in [0.15, 0.2) is 66.7 Å². The topological polar surface area (TPSA) is 38.3 Å². The van der Waals surface area contributed by atoms with Crippen molar-refractivity contribution >= 4 is 11.6 Å². The number of ether oxygens (including phenoxy) is 1. The molecule has 1 aliphatic heterocycles. The third-order valence-corrected chi connectivity index (χ3v) is 6.33. The van der Waals surface area contributed by atoms with Crippen LogP contribution in [0.4, 0.5) is 5.69 Å². The van der Waals surface area contributed by atoms with Crippen molar-refractivity contribution in [2.75, 3.05) is 5.32 Å². The number of fused-ring (bicyclic) bond motifs is 2. The molecular weight excluding hydrogens is 382 g/mol. The van der Waals surface area contributed by atoms with Crippen molar-refractivity contribution in [2.45, 2.75) is 58.3 Å². The van der Waals surface area contributed by atoms with Crippen molar-refractivity contribution in [1.82, 2.24) is 0 Å². The summed E-state index contributed by atoms with van der Waals surface area (Å²) < 4.78 is 6.14. The van der Waals surface area contributed by atoms with Crippen LogP contribution in [0, 0.1) is 0 Å². The molecule has 0 bridgehead atoms. The molecular formula is C28H31NO2. The summed E-state index contributed by atoms with van der Waals surface area (Å²) in [5.74, 6) is 2.32. The Bertz CT molecular complexity index is 1040. The van der Waals surface area contributed by atoms with Crippen molar-refractivity contribution < 1.29 is 9.53 Å². The average molecular weight is 414 g/mol. The van der Waals surface area contributed by atoms with Gasteiger partial charge in [-0.3, -0.25) is 4.79 Å². The highest BCUT2D eigenvalue weighted by molar-refractivity contribution is 5.94. The number of hydrogen-bond donors (Lipinski definition) is 1. The summed E-state index contributed by atoms with van der Waals surface area (Å²) in [6.45, 7) is 10.8. The summed E-state index contributed by atoms with van der Waals surface area (Å²) in [7, 11) is 0. The maximum absolute atomic E-state index is 13.5. The molecule has 1 aliphatic rings. The summed E-state index contributed by atoms with van der Waals surface area (Å²) in [5.41, 5.74) is 4.94. The monoisotopic (exact) mass is 413 g/mol. The zero-order valence-electron chi connectivity index (χ0n) is 19.0. The van der Waals surface area contributed by atoms with E-state index in [-0.39, 0.29) is 5.91 Å². The van der Waals surface area contributed by atoms with Crippen LogP contribution in [-0.2, 0) is 10.2 Å². The highest BCUT2D eigenvalue weighted by Gasteiger charge is 2.39. The maximum atomic E-state index is 13.5. The van der Waals surface area contributed by atoms with Crippen LogP contribution in [0.2, 0.25) is 0 Å². The molecule has 1 heterocycles. The van der Waals surface area contributed by atoms with Gasteiger partial charge in [-0.2, -0.15) is 0 Å². The number of anilines is 1. The van der Waals surface area contributed by atoms with E-state index in [1.54, 1.807) is 0 Å². The molecule has 3 heteroatoms. The number of amides is 1. The van der Waals surface area contributed by atoms with E-state index in [2.05, 4.69) is 70.3 Å². The fraction of sp³-hybridized carbons (Fsp3) is 0.321. The van der Waals surface area contributed by atoms with Crippen molar-refractivity contribution in [3.63, 3.8) is 0 Å². The summed E-state index contributed by atoms with van der Waals surface area (Å²) in [6.07, 6.45) is 0.342. The second kappa shape index (κ2) is 8.22. The maximum Gasteiger partial charge on any atom is 0.225 e. The standard InChI is InChI=1S/C28H31NO2/c1-18(2)20-11-10-12-21(19(3)4)27(20)29-26(30)17-28(5)22-13-6-8-15-24(22)31-25-16-9-7-14-23(25)28/h6-16,18-19H,17H2,1-5H3,(H,29,30). The van der Waals surface area contributed by atoms with Gasteiger partial charge < -0.3 is 10.1 Å². The molecule has 1 N–H and O–H groups in total. The highest BCUT2D eigenvalue weighted by atomic mass is 16.5. The highest BCUT2D eigenvalue weighted by Crippen LogP contribution is 2.49. The first-order valence-electron chi connectivity index (χ1n) is 11.1. The molecule has 3 aromatic rings. The van der Waals surface area contributed by atoms with E-state index in [4.69, 9.17) is 4.74 Å². The smallest absolute Gasteiger partial charge is 0.225 e. The van der Waals surface area contributed by atoms with E-state index in [1.807, 2.05) is 36.4 Å². The largest absolute Gasteiger partial charge is 0.457 e. The van der Waals surface area contributed by atoms with Gasteiger partial charge in [0.1, 0.15) is 11.5 Å². The van der Waals surface area contributed by atoms with Crippen molar-refractivity contribution in [3.8, 4) is 11.5 Å². The molecule has 1 amide bonds. The van der Waals surface area contributed by atoms with Gasteiger partial charge in [0.05, 0.1) is 0 Å². The fourth-order valence-corrected chi connectivity index (χ4v) is 4.68. The first kappa shape index (κ1) is 21.2. The minimum Gasteiger partial charge on any atom is -0.457 e. The third kappa shape index (κ3) is 3.85. The van der Waals surface area contributed by atoms with E-state index < -0.39 is 5.41 Å². The summed E-state index contributed by atoms with van der Waals surface area (Å²) >= 11 is 0. The van der Waals surface area contributed by atoms with Crippen molar-refractivity contribution in [3.05, 3.63) is 89.0 Å². The van der Waals surface area contributed by atoms with Gasteiger partial charge in [-0.1, -0.05) is 89.2 Å². The average Bonchev–Trinajstić information content (AvgIpc) is 2.73. The van der Waals surface area contributed by atoms with Crippen LogP contribution in [0.1, 0.15) is 75.1 Å². The Kier molecular flexibility index (Phi) is 5.62. The summed E-state index contributed by atoms with van der Waals surface area (Å²) in [6, 6.07) is 22.4. The lowest BCUT2D eigenvalue weighted by molar-refractivity contribution is -0.117. The van der Waals surface area contributed by atoms with Gasteiger partial charge in [0.25, 0.3) is 0 Å². The van der Waals surface area contributed by atoms with Crippen LogP contribution in [-0.4, -0.2) is 5.91 Å². The first-order chi connectivity index (χ1) is 14.8. The van der Waals surface area contributed by atoms with Gasteiger partial charge in [-0.25, -0.2) is 0 Å². The molecule has 0 aliphatic carbocycles. The predicted octanol–water partition coefficient (Wildman–Crippen LogP) is 7.37. The molecule has 31 heavy (non-hydrogen) atoms. The Morgan fingerprint density at radius 1 is 0.806 bits per heavy atom. The number of benzene rings is 3. The molecule has 0 radical (unpaired) electrons. The predicted molar refractivity (Wildman–Crippen MR) is 127 cm³/mol. The Labute approximate surface area is 185 Å². The van der Waals surface area contributed by atoms with Gasteiger partial charge >= 0.3 is 0 Å². The minimum atomic E-state index is -0.472. The number of nitrogens with one attached hydrogen (secondary N) is 1. The summed E-state index contributed by atoms with van der Waals surface area (Å²) in [5, 5.41) is 3.30. The number of hydrogen-bond acceptors (Lipinski definition) is 2. The second-order valence-corrected chi connectivity index (χ2v) is 9.27. The van der Waals surface area contributed by atoms with Gasteiger partial charge in [-0.05, 0) is 35.1 Å². The van der Waals surface area contributed by atoms with E-state index in [0.29, 0.717) is 18.3 Å². The Morgan fingerprint density at radius 2 is 1.29 bits per heavy atom. The zero-order valence-corrected chi connectivity index (χ0v) is 19.0. The fourth-order valence-electron chi connectivity index (χ4n) is 4.68. The van der Waals surface area contributed by atoms with Crippen LogP contribution < -0.4 is 10.1 Å². The normalized spacial score (nSPS) is 14.0. The SMILES string of the molecule is CC(C)c1cccc(C(C)C)c1NC(=O)CC1(C)c2ccccc2Oc2ccccc21. The molecule has 0 saturated heterocycles. The number of carbonyl (C=O) groups excluding carboxylic acids is 1. The van der Waals surface area contributed by atoms with Crippen LogP contribution in [0.3, 0.4) is 0 Å². The lowest BCUT2D eigenvalue weighted by Gasteiger charge is -2.37. The molecule has 3 aromatic carbocycles.